The Labute approximate surface area is 99.4 Å². The largest absolute Gasteiger partial charge is 0.0810 e. The summed E-state index contributed by atoms with van der Waals surface area (Å²) in [5.74, 6) is 0.775. The Hall–Kier alpha value is -1.04. The molecule has 0 aromatic heterocycles. The summed E-state index contributed by atoms with van der Waals surface area (Å²) in [6.45, 7) is 4.41. The monoisotopic (exact) mass is 214 g/mol. The second-order valence-corrected chi connectivity index (χ2v) is 5.18. The molecule has 0 nitrogen and oxygen atoms in total. The van der Waals surface area contributed by atoms with E-state index in [-0.39, 0.29) is 0 Å². The molecule has 0 heterocycles. The van der Waals surface area contributed by atoms with Crippen molar-refractivity contribution in [1.82, 2.24) is 0 Å². The van der Waals surface area contributed by atoms with Gasteiger partial charge in [0.2, 0.25) is 0 Å². The van der Waals surface area contributed by atoms with Gasteiger partial charge in [-0.15, -0.1) is 0 Å². The minimum absolute atomic E-state index is 0.775. The van der Waals surface area contributed by atoms with Crippen LogP contribution in [0, 0.1) is 5.92 Å². The molecule has 0 bridgehead atoms. The number of allylic oxidation sites excluding steroid dienone is 8. The lowest BCUT2D eigenvalue weighted by atomic mass is 9.89. The Morgan fingerprint density at radius 2 is 2.06 bits per heavy atom. The van der Waals surface area contributed by atoms with Gasteiger partial charge in [0.25, 0.3) is 0 Å². The van der Waals surface area contributed by atoms with Crippen molar-refractivity contribution >= 4 is 0 Å². The lowest BCUT2D eigenvalue weighted by Gasteiger charge is -2.17. The van der Waals surface area contributed by atoms with Crippen molar-refractivity contribution in [3.05, 3.63) is 47.1 Å². The lowest BCUT2D eigenvalue weighted by Crippen LogP contribution is -2.01. The van der Waals surface area contributed by atoms with E-state index in [1.807, 2.05) is 0 Å². The molecule has 0 N–H and O–H groups in total. The first-order chi connectivity index (χ1) is 7.74. The van der Waals surface area contributed by atoms with Crippen molar-refractivity contribution in [2.45, 2.75) is 46.0 Å². The molecule has 0 aliphatic heterocycles. The van der Waals surface area contributed by atoms with E-state index in [1.54, 1.807) is 5.57 Å². The van der Waals surface area contributed by atoms with Crippen LogP contribution >= 0.6 is 0 Å². The summed E-state index contributed by atoms with van der Waals surface area (Å²) in [6.07, 6.45) is 18.1. The Balaban J connectivity index is 1.79. The van der Waals surface area contributed by atoms with E-state index in [9.17, 15) is 0 Å². The highest BCUT2D eigenvalue weighted by Gasteiger charge is 2.09. The van der Waals surface area contributed by atoms with Gasteiger partial charge in [-0.1, -0.05) is 47.1 Å². The molecule has 0 saturated heterocycles. The molecule has 0 radical (unpaired) electrons. The van der Waals surface area contributed by atoms with E-state index >= 15 is 0 Å². The highest BCUT2D eigenvalue weighted by atomic mass is 14.1. The molecule has 0 amide bonds. The first-order valence-electron chi connectivity index (χ1n) is 6.44. The summed E-state index contributed by atoms with van der Waals surface area (Å²) in [5, 5.41) is 0. The molecule has 0 spiro atoms. The zero-order chi connectivity index (χ0) is 11.4. The Morgan fingerprint density at radius 3 is 2.69 bits per heavy atom. The van der Waals surface area contributed by atoms with Gasteiger partial charge in [0, 0.05) is 0 Å². The summed E-state index contributed by atoms with van der Waals surface area (Å²) < 4.78 is 0. The fraction of sp³-hybridized carbons (Fsp3) is 0.500. The molecule has 0 fully saturated rings. The molecule has 0 aromatic rings. The summed E-state index contributed by atoms with van der Waals surface area (Å²) in [4.78, 5) is 0. The van der Waals surface area contributed by atoms with E-state index in [0.717, 1.165) is 5.92 Å². The molecule has 1 unspecified atom stereocenters. The van der Waals surface area contributed by atoms with Gasteiger partial charge in [-0.3, -0.25) is 0 Å². The Morgan fingerprint density at radius 1 is 1.19 bits per heavy atom. The van der Waals surface area contributed by atoms with E-state index in [0.29, 0.717) is 0 Å². The fourth-order valence-electron chi connectivity index (χ4n) is 2.35. The van der Waals surface area contributed by atoms with Crippen LogP contribution < -0.4 is 0 Å². The number of hydrogen-bond acceptors (Lipinski definition) is 0. The second kappa shape index (κ2) is 5.34. The van der Waals surface area contributed by atoms with E-state index < -0.39 is 0 Å². The third-order valence-corrected chi connectivity index (χ3v) is 3.65. The van der Waals surface area contributed by atoms with Crippen molar-refractivity contribution in [3.8, 4) is 0 Å². The maximum absolute atomic E-state index is 2.39. The molecule has 1 atom stereocenters. The van der Waals surface area contributed by atoms with E-state index in [4.69, 9.17) is 0 Å². The standard InChI is InChI=1S/C16H22/c1-13-3-7-15(8-4-13)11-12-16-9-5-14(2)6-10-16/h3-5,7,9,15H,6,8,10-12H2,1-2H3. The van der Waals surface area contributed by atoms with Crippen LogP contribution in [0.3, 0.4) is 0 Å². The van der Waals surface area contributed by atoms with Gasteiger partial charge in [-0.2, -0.15) is 0 Å². The smallest absolute Gasteiger partial charge is 0.0192 e. The summed E-state index contributed by atoms with van der Waals surface area (Å²) in [5.41, 5.74) is 4.59. The average Bonchev–Trinajstić information content (AvgIpc) is 2.30. The van der Waals surface area contributed by atoms with Crippen LogP contribution in [0.15, 0.2) is 47.1 Å². The molecular formula is C16H22. The average molecular weight is 214 g/mol. The highest BCUT2D eigenvalue weighted by Crippen LogP contribution is 2.26. The molecule has 16 heavy (non-hydrogen) atoms. The normalized spacial score (nSPS) is 24.9. The number of rotatable bonds is 3. The molecule has 0 heteroatoms. The molecule has 86 valence electrons. The predicted octanol–water partition coefficient (Wildman–Crippen LogP) is 4.96. The lowest BCUT2D eigenvalue weighted by molar-refractivity contribution is 0.581. The molecule has 0 aromatic carbocycles. The van der Waals surface area contributed by atoms with Crippen molar-refractivity contribution in [2.24, 2.45) is 5.92 Å². The first-order valence-corrected chi connectivity index (χ1v) is 6.44. The van der Waals surface area contributed by atoms with Crippen molar-refractivity contribution in [1.29, 1.82) is 0 Å². The Kier molecular flexibility index (Phi) is 3.82. The van der Waals surface area contributed by atoms with Gasteiger partial charge in [0.05, 0.1) is 0 Å². The molecule has 2 rings (SSSR count). The van der Waals surface area contributed by atoms with E-state index in [2.05, 4.69) is 44.2 Å². The van der Waals surface area contributed by atoms with Crippen LogP contribution in [-0.2, 0) is 0 Å². The van der Waals surface area contributed by atoms with Crippen molar-refractivity contribution in [2.75, 3.05) is 0 Å². The minimum Gasteiger partial charge on any atom is -0.0810 e. The van der Waals surface area contributed by atoms with Crippen LogP contribution in [0.5, 0.6) is 0 Å². The van der Waals surface area contributed by atoms with Gasteiger partial charge >= 0.3 is 0 Å². The molecule has 0 saturated carbocycles. The van der Waals surface area contributed by atoms with Crippen LogP contribution in [0.2, 0.25) is 0 Å². The van der Waals surface area contributed by atoms with Gasteiger partial charge in [0.1, 0.15) is 0 Å². The van der Waals surface area contributed by atoms with Crippen LogP contribution in [0.4, 0.5) is 0 Å². The predicted molar refractivity (Wildman–Crippen MR) is 71.3 cm³/mol. The van der Waals surface area contributed by atoms with Gasteiger partial charge in [-0.05, 0) is 51.9 Å². The summed E-state index contributed by atoms with van der Waals surface area (Å²) in [6, 6.07) is 0. The zero-order valence-corrected chi connectivity index (χ0v) is 10.5. The van der Waals surface area contributed by atoms with Crippen LogP contribution in [-0.4, -0.2) is 0 Å². The van der Waals surface area contributed by atoms with Crippen molar-refractivity contribution in [3.63, 3.8) is 0 Å². The zero-order valence-electron chi connectivity index (χ0n) is 10.5. The minimum atomic E-state index is 0.775. The van der Waals surface area contributed by atoms with Crippen LogP contribution in [0.25, 0.3) is 0 Å². The van der Waals surface area contributed by atoms with Crippen LogP contribution in [0.1, 0.15) is 46.0 Å². The van der Waals surface area contributed by atoms with E-state index in [1.165, 1.54) is 43.3 Å². The molecule has 2 aliphatic rings. The summed E-state index contributed by atoms with van der Waals surface area (Å²) >= 11 is 0. The maximum atomic E-state index is 2.39. The molecule has 2 aliphatic carbocycles. The highest BCUT2D eigenvalue weighted by molar-refractivity contribution is 5.24. The molecular weight excluding hydrogens is 192 g/mol. The van der Waals surface area contributed by atoms with Gasteiger partial charge in [-0.25, -0.2) is 0 Å². The Bertz CT molecular complexity index is 363. The number of hydrogen-bond donors (Lipinski definition) is 0. The topological polar surface area (TPSA) is 0 Å². The SMILES string of the molecule is CC1=CCC(CCC2=CC=C(C)CC2)C=C1. The second-order valence-electron chi connectivity index (χ2n) is 5.18. The third kappa shape index (κ3) is 3.23. The third-order valence-electron chi connectivity index (χ3n) is 3.65. The van der Waals surface area contributed by atoms with Gasteiger partial charge < -0.3 is 0 Å². The first kappa shape index (κ1) is 11.4. The fourth-order valence-corrected chi connectivity index (χ4v) is 2.35. The maximum Gasteiger partial charge on any atom is -0.0192 e. The van der Waals surface area contributed by atoms with Gasteiger partial charge in [0.15, 0.2) is 0 Å². The van der Waals surface area contributed by atoms with Crippen molar-refractivity contribution < 1.29 is 0 Å². The quantitative estimate of drug-likeness (QED) is 0.623. The summed E-state index contributed by atoms with van der Waals surface area (Å²) in [7, 11) is 0.